The van der Waals surface area contributed by atoms with Gasteiger partial charge in [0.1, 0.15) is 4.60 Å². The van der Waals surface area contributed by atoms with Gasteiger partial charge in [0, 0.05) is 11.3 Å². The monoisotopic (exact) mass is 214 g/mol. The van der Waals surface area contributed by atoms with Gasteiger partial charge < -0.3 is 5.21 Å². The van der Waals surface area contributed by atoms with Crippen molar-refractivity contribution in [2.75, 3.05) is 0 Å². The Morgan fingerprint density at radius 3 is 2.91 bits per heavy atom. The average Bonchev–Trinajstić information content (AvgIpc) is 1.95. The van der Waals surface area contributed by atoms with E-state index in [9.17, 15) is 0 Å². The van der Waals surface area contributed by atoms with Crippen LogP contribution in [0.1, 0.15) is 11.3 Å². The van der Waals surface area contributed by atoms with Crippen LogP contribution in [0, 0.1) is 6.92 Å². The smallest absolute Gasteiger partial charge is 0.106 e. The molecule has 0 saturated heterocycles. The Kier molecular flexibility index (Phi) is 2.59. The van der Waals surface area contributed by atoms with Crippen LogP contribution in [0.2, 0.25) is 0 Å². The van der Waals surface area contributed by atoms with E-state index in [0.717, 1.165) is 15.9 Å². The van der Waals surface area contributed by atoms with Gasteiger partial charge in [-0.15, -0.1) is 0 Å². The standard InChI is InChI=1S/C7H7BrN2O/c1-5-6(4-9-11)2-3-7(8)10-5/h2-4,11H,1H3/b9-4-. The maximum absolute atomic E-state index is 8.24. The minimum absolute atomic E-state index is 0.782. The first kappa shape index (κ1) is 8.20. The van der Waals surface area contributed by atoms with Crippen molar-refractivity contribution in [3.63, 3.8) is 0 Å². The summed E-state index contributed by atoms with van der Waals surface area (Å²) in [5, 5.41) is 11.2. The van der Waals surface area contributed by atoms with Crippen LogP contribution >= 0.6 is 15.9 Å². The summed E-state index contributed by atoms with van der Waals surface area (Å²) in [4.78, 5) is 4.11. The van der Waals surface area contributed by atoms with E-state index in [1.54, 1.807) is 6.07 Å². The fourth-order valence-corrected chi connectivity index (χ4v) is 1.14. The van der Waals surface area contributed by atoms with E-state index in [-0.39, 0.29) is 0 Å². The third-order valence-corrected chi connectivity index (χ3v) is 1.73. The molecule has 1 aromatic heterocycles. The van der Waals surface area contributed by atoms with Crippen LogP contribution in [-0.4, -0.2) is 16.4 Å². The molecule has 3 nitrogen and oxygen atoms in total. The van der Waals surface area contributed by atoms with Gasteiger partial charge in [-0.25, -0.2) is 4.98 Å². The Morgan fingerprint density at radius 1 is 1.64 bits per heavy atom. The molecular formula is C7H7BrN2O. The molecule has 1 N–H and O–H groups in total. The van der Waals surface area contributed by atoms with Crippen molar-refractivity contribution < 1.29 is 5.21 Å². The molecule has 58 valence electrons. The molecule has 0 aliphatic heterocycles. The van der Waals surface area contributed by atoms with E-state index in [0.29, 0.717) is 0 Å². The summed E-state index contributed by atoms with van der Waals surface area (Å²) >= 11 is 3.23. The molecule has 1 rings (SSSR count). The molecule has 0 aromatic carbocycles. The Bertz CT molecular complexity index is 286. The number of nitrogens with zero attached hydrogens (tertiary/aromatic N) is 2. The highest BCUT2D eigenvalue weighted by Gasteiger charge is 1.96. The van der Waals surface area contributed by atoms with Gasteiger partial charge in [-0.05, 0) is 35.0 Å². The zero-order chi connectivity index (χ0) is 8.27. The van der Waals surface area contributed by atoms with Gasteiger partial charge in [-0.1, -0.05) is 5.16 Å². The van der Waals surface area contributed by atoms with Gasteiger partial charge in [-0.2, -0.15) is 0 Å². The second kappa shape index (κ2) is 3.48. The molecule has 1 aromatic rings. The zero-order valence-electron chi connectivity index (χ0n) is 5.95. The number of pyridine rings is 1. The van der Waals surface area contributed by atoms with Gasteiger partial charge in [0.25, 0.3) is 0 Å². The Balaban J connectivity index is 3.09. The lowest BCUT2D eigenvalue weighted by molar-refractivity contribution is 0.322. The van der Waals surface area contributed by atoms with Crippen LogP contribution in [0.15, 0.2) is 21.9 Å². The Hall–Kier alpha value is -0.900. The number of hydrogen-bond acceptors (Lipinski definition) is 3. The SMILES string of the molecule is Cc1nc(Br)ccc1/C=N\O. The fourth-order valence-electron chi connectivity index (χ4n) is 0.740. The van der Waals surface area contributed by atoms with E-state index >= 15 is 0 Å². The lowest BCUT2D eigenvalue weighted by Gasteiger charge is -1.97. The Labute approximate surface area is 72.9 Å². The quantitative estimate of drug-likeness (QED) is 0.337. The molecule has 0 unspecified atom stereocenters. The second-order valence-corrected chi connectivity index (χ2v) is 2.87. The van der Waals surface area contributed by atoms with Gasteiger partial charge in [0.05, 0.1) is 6.21 Å². The number of hydrogen-bond donors (Lipinski definition) is 1. The first-order valence-electron chi connectivity index (χ1n) is 3.04. The summed E-state index contributed by atoms with van der Waals surface area (Å²) in [5.74, 6) is 0. The van der Waals surface area contributed by atoms with Crippen LogP contribution in [-0.2, 0) is 0 Å². The molecule has 0 aliphatic rings. The molecule has 0 spiro atoms. The summed E-state index contributed by atoms with van der Waals surface area (Å²) in [6, 6.07) is 3.62. The highest BCUT2D eigenvalue weighted by atomic mass is 79.9. The predicted octanol–water partition coefficient (Wildman–Crippen LogP) is 1.96. The third kappa shape index (κ3) is 2.01. The molecule has 0 radical (unpaired) electrons. The molecule has 0 amide bonds. The lowest BCUT2D eigenvalue weighted by atomic mass is 10.2. The average molecular weight is 215 g/mol. The highest BCUT2D eigenvalue weighted by molar-refractivity contribution is 9.10. The summed E-state index contributed by atoms with van der Waals surface area (Å²) < 4.78 is 0.782. The van der Waals surface area contributed by atoms with Crippen LogP contribution < -0.4 is 0 Å². The highest BCUT2D eigenvalue weighted by Crippen LogP contribution is 2.09. The molecule has 4 heteroatoms. The third-order valence-electron chi connectivity index (χ3n) is 1.29. The number of halogens is 1. The van der Waals surface area contributed by atoms with Gasteiger partial charge in [0.2, 0.25) is 0 Å². The summed E-state index contributed by atoms with van der Waals surface area (Å²) in [6.07, 6.45) is 1.36. The Morgan fingerprint density at radius 2 is 2.36 bits per heavy atom. The normalized spacial score (nSPS) is 10.7. The van der Waals surface area contributed by atoms with Crippen LogP contribution in [0.5, 0.6) is 0 Å². The number of aromatic nitrogens is 1. The van der Waals surface area contributed by atoms with Crippen molar-refractivity contribution in [1.82, 2.24) is 4.98 Å². The van der Waals surface area contributed by atoms with Crippen LogP contribution in [0.3, 0.4) is 0 Å². The van der Waals surface area contributed by atoms with Gasteiger partial charge >= 0.3 is 0 Å². The van der Waals surface area contributed by atoms with E-state index in [4.69, 9.17) is 5.21 Å². The van der Waals surface area contributed by atoms with Crippen molar-refractivity contribution in [3.8, 4) is 0 Å². The minimum Gasteiger partial charge on any atom is -0.411 e. The molecular weight excluding hydrogens is 208 g/mol. The van der Waals surface area contributed by atoms with E-state index < -0.39 is 0 Å². The van der Waals surface area contributed by atoms with Gasteiger partial charge in [0.15, 0.2) is 0 Å². The fraction of sp³-hybridized carbons (Fsp3) is 0.143. The molecule has 1 heterocycles. The number of rotatable bonds is 1. The predicted molar refractivity (Wildman–Crippen MR) is 46.1 cm³/mol. The summed E-state index contributed by atoms with van der Waals surface area (Å²) in [5.41, 5.74) is 1.65. The van der Waals surface area contributed by atoms with Crippen LogP contribution in [0.4, 0.5) is 0 Å². The van der Waals surface area contributed by atoms with Crippen molar-refractivity contribution >= 4 is 22.1 Å². The van der Waals surface area contributed by atoms with Crippen LogP contribution in [0.25, 0.3) is 0 Å². The second-order valence-electron chi connectivity index (χ2n) is 2.05. The molecule has 0 saturated carbocycles. The maximum atomic E-state index is 8.24. The molecule has 11 heavy (non-hydrogen) atoms. The van der Waals surface area contributed by atoms with Gasteiger partial charge in [-0.3, -0.25) is 0 Å². The minimum atomic E-state index is 0.782. The van der Waals surface area contributed by atoms with Crippen molar-refractivity contribution in [2.24, 2.45) is 5.16 Å². The molecule has 0 fully saturated rings. The molecule has 0 aliphatic carbocycles. The van der Waals surface area contributed by atoms with E-state index in [1.807, 2.05) is 13.0 Å². The zero-order valence-corrected chi connectivity index (χ0v) is 7.54. The first-order chi connectivity index (χ1) is 5.24. The summed E-state index contributed by atoms with van der Waals surface area (Å²) in [7, 11) is 0. The number of oxime groups is 1. The first-order valence-corrected chi connectivity index (χ1v) is 3.84. The van der Waals surface area contributed by atoms with E-state index in [1.165, 1.54) is 6.21 Å². The molecule has 0 bridgehead atoms. The topological polar surface area (TPSA) is 45.5 Å². The van der Waals surface area contributed by atoms with E-state index in [2.05, 4.69) is 26.1 Å². The van der Waals surface area contributed by atoms with Crippen molar-refractivity contribution in [1.29, 1.82) is 0 Å². The summed E-state index contributed by atoms with van der Waals surface area (Å²) in [6.45, 7) is 1.85. The lowest BCUT2D eigenvalue weighted by Crippen LogP contribution is -1.90. The van der Waals surface area contributed by atoms with Crippen molar-refractivity contribution in [2.45, 2.75) is 6.92 Å². The largest absolute Gasteiger partial charge is 0.411 e. The number of aryl methyl sites for hydroxylation is 1. The maximum Gasteiger partial charge on any atom is 0.106 e. The van der Waals surface area contributed by atoms with Crippen molar-refractivity contribution in [3.05, 3.63) is 28.0 Å². The molecule has 0 atom stereocenters.